The molecule has 2 aromatic rings. The number of hydrogen-bond donors (Lipinski definition) is 2. The second-order valence-electron chi connectivity index (χ2n) is 8.25. The molecule has 3 amide bonds. The lowest BCUT2D eigenvalue weighted by molar-refractivity contribution is -0.136. The number of carbonyl (C=O) groups is 3. The maximum atomic E-state index is 13.1. The van der Waals surface area contributed by atoms with E-state index in [1.807, 2.05) is 4.90 Å². The maximum Gasteiger partial charge on any atom is 0.255 e. The highest BCUT2D eigenvalue weighted by molar-refractivity contribution is 6.06. The van der Waals surface area contributed by atoms with Crippen LogP contribution in [0.1, 0.15) is 46.7 Å². The number of nitrogens with one attached hydrogen (secondary N) is 2. The number of amides is 3. The normalized spacial score (nSPS) is 25.5. The van der Waals surface area contributed by atoms with Crippen LogP contribution < -0.4 is 10.6 Å². The molecule has 1 atom stereocenters. The third-order valence-corrected chi connectivity index (χ3v) is 6.07. The summed E-state index contributed by atoms with van der Waals surface area (Å²) in [6, 6.07) is 2.67. The molecule has 0 aromatic heterocycles. The molecule has 0 bridgehead atoms. The van der Waals surface area contributed by atoms with Gasteiger partial charge >= 0.3 is 0 Å². The molecule has 172 valence electrons. The smallest absolute Gasteiger partial charge is 0.255 e. The van der Waals surface area contributed by atoms with Gasteiger partial charge in [0.1, 0.15) is 6.02 Å². The molecule has 0 spiro atoms. The number of fused-ring (bicyclic) bond motifs is 1. The number of morpholine rings is 1. The quantitative estimate of drug-likeness (QED) is 0.650. The Balaban J connectivity index is 1.37. The monoisotopic (exact) mass is 453 g/mol. The maximum absolute atomic E-state index is 13.1. The first-order valence-corrected chi connectivity index (χ1v) is 11.0. The van der Waals surface area contributed by atoms with Gasteiger partial charge < -0.3 is 15.0 Å². The molecule has 8 heteroatoms. The van der Waals surface area contributed by atoms with Crippen LogP contribution in [0.25, 0.3) is 0 Å². The summed E-state index contributed by atoms with van der Waals surface area (Å²) in [5.41, 5.74) is 1.97. The van der Waals surface area contributed by atoms with Crippen LogP contribution in [0.5, 0.6) is 0 Å². The van der Waals surface area contributed by atoms with E-state index in [1.165, 1.54) is 0 Å². The van der Waals surface area contributed by atoms with Gasteiger partial charge in [-0.25, -0.2) is 0 Å². The summed E-state index contributed by atoms with van der Waals surface area (Å²) in [6.45, 7) is 2.73. The summed E-state index contributed by atoms with van der Waals surface area (Å²) in [7, 11) is 0. The van der Waals surface area contributed by atoms with E-state index in [2.05, 4.69) is 10.6 Å². The Morgan fingerprint density at radius 1 is 1.12 bits per heavy atom. The summed E-state index contributed by atoms with van der Waals surface area (Å²) < 4.78 is 48.1. The minimum absolute atomic E-state index is 0.0150. The summed E-state index contributed by atoms with van der Waals surface area (Å²) in [5, 5.41) is 5.29. The number of imide groups is 1. The Kier molecular flexibility index (Phi) is 4.63. The van der Waals surface area contributed by atoms with E-state index in [-0.39, 0.29) is 55.7 Å². The molecule has 33 heavy (non-hydrogen) atoms. The Labute approximate surface area is 199 Å². The second-order valence-corrected chi connectivity index (χ2v) is 8.25. The van der Waals surface area contributed by atoms with Crippen LogP contribution in [-0.2, 0) is 34.0 Å². The van der Waals surface area contributed by atoms with Crippen LogP contribution in [0.15, 0.2) is 42.4 Å². The van der Waals surface area contributed by atoms with Crippen LogP contribution in [0.2, 0.25) is 0 Å². The fourth-order valence-electron chi connectivity index (χ4n) is 4.28. The lowest BCUT2D eigenvalue weighted by Gasteiger charge is -2.29. The van der Waals surface area contributed by atoms with E-state index < -0.39 is 23.7 Å². The fraction of sp³-hybridized carbons (Fsp3) is 0.400. The molecular formula is C25H28N4O4. The van der Waals surface area contributed by atoms with Crippen molar-refractivity contribution in [2.24, 2.45) is 0 Å². The highest BCUT2D eigenvalue weighted by atomic mass is 16.5. The first kappa shape index (κ1) is 16.4. The summed E-state index contributed by atoms with van der Waals surface area (Å²) >= 11 is 0. The van der Waals surface area contributed by atoms with Gasteiger partial charge in [-0.3, -0.25) is 24.6 Å². The Morgan fingerprint density at radius 3 is 2.64 bits per heavy atom. The zero-order valence-corrected chi connectivity index (χ0v) is 18.1. The average molecular weight is 454 g/mol. The SMILES string of the molecule is [2H]c1c([2H])c(CN2CCOCC2)c([2H])c([2H])c1CNc1cccc2c1CN(C1([2H])CCC(=O)NC1=O)C2=O. The molecule has 1 unspecified atom stereocenters. The predicted molar refractivity (Wildman–Crippen MR) is 122 cm³/mol. The summed E-state index contributed by atoms with van der Waals surface area (Å²) in [5.74, 6) is -1.79. The van der Waals surface area contributed by atoms with E-state index in [4.69, 9.17) is 11.6 Å². The number of anilines is 1. The lowest BCUT2D eigenvalue weighted by Crippen LogP contribution is -2.52. The van der Waals surface area contributed by atoms with Crippen molar-refractivity contribution >= 4 is 23.4 Å². The highest BCUT2D eigenvalue weighted by Crippen LogP contribution is 2.32. The molecule has 2 fully saturated rings. The molecule has 2 aromatic carbocycles. The van der Waals surface area contributed by atoms with Crippen molar-refractivity contribution in [2.45, 2.75) is 38.5 Å². The van der Waals surface area contributed by atoms with Crippen molar-refractivity contribution in [3.8, 4) is 0 Å². The lowest BCUT2D eigenvalue weighted by atomic mass is 10.0. The van der Waals surface area contributed by atoms with Crippen molar-refractivity contribution in [2.75, 3.05) is 31.6 Å². The zero-order valence-electron chi connectivity index (χ0n) is 23.1. The minimum atomic E-state index is -1.90. The molecule has 3 heterocycles. The molecule has 0 aliphatic carbocycles. The van der Waals surface area contributed by atoms with Crippen LogP contribution in [0.3, 0.4) is 0 Å². The van der Waals surface area contributed by atoms with Gasteiger partial charge in [-0.1, -0.05) is 30.2 Å². The van der Waals surface area contributed by atoms with Gasteiger partial charge in [0.15, 0.2) is 0 Å². The van der Waals surface area contributed by atoms with Gasteiger partial charge in [-0.05, 0) is 29.7 Å². The molecule has 3 aliphatic heterocycles. The molecule has 5 rings (SSSR count). The van der Waals surface area contributed by atoms with Gasteiger partial charge in [-0.15, -0.1) is 0 Å². The zero-order chi connectivity index (χ0) is 27.2. The van der Waals surface area contributed by atoms with Crippen LogP contribution >= 0.6 is 0 Å². The Hall–Kier alpha value is -3.23. The standard InChI is InChI=1S/C25H28N4O4/c30-23-9-8-22(24(31)27-23)29-16-20-19(25(29)32)2-1-3-21(20)26-14-17-4-6-18(7-5-17)15-28-10-12-33-13-11-28/h1-7,22,26H,8-16H2,(H,27,30,31)/i4D,5D,6D,7D,22D. The number of rotatable bonds is 6. The fourth-order valence-corrected chi connectivity index (χ4v) is 4.28. The predicted octanol–water partition coefficient (Wildman–Crippen LogP) is 1.89. The average Bonchev–Trinajstić information content (AvgIpc) is 3.26. The van der Waals surface area contributed by atoms with E-state index in [9.17, 15) is 14.4 Å². The van der Waals surface area contributed by atoms with Crippen molar-refractivity contribution in [3.63, 3.8) is 0 Å². The number of benzene rings is 2. The van der Waals surface area contributed by atoms with Crippen molar-refractivity contribution in [3.05, 3.63) is 64.6 Å². The minimum Gasteiger partial charge on any atom is -0.381 e. The molecule has 0 radical (unpaired) electrons. The molecule has 2 saturated heterocycles. The highest BCUT2D eigenvalue weighted by Gasteiger charge is 2.39. The Morgan fingerprint density at radius 2 is 1.88 bits per heavy atom. The van der Waals surface area contributed by atoms with Crippen LogP contribution in [-0.4, -0.2) is 59.8 Å². The third-order valence-electron chi connectivity index (χ3n) is 6.07. The van der Waals surface area contributed by atoms with Gasteiger partial charge in [0.2, 0.25) is 11.8 Å². The molecular weight excluding hydrogens is 420 g/mol. The van der Waals surface area contributed by atoms with Crippen molar-refractivity contribution in [1.29, 1.82) is 0 Å². The van der Waals surface area contributed by atoms with Gasteiger partial charge in [0, 0.05) is 56.0 Å². The largest absolute Gasteiger partial charge is 0.381 e. The number of ether oxygens (including phenoxy) is 1. The van der Waals surface area contributed by atoms with Crippen LogP contribution in [0, 0.1) is 0 Å². The van der Waals surface area contributed by atoms with Crippen molar-refractivity contribution in [1.82, 2.24) is 15.1 Å². The molecule has 8 nitrogen and oxygen atoms in total. The van der Waals surface area contributed by atoms with Gasteiger partial charge in [0.05, 0.1) is 20.1 Å². The van der Waals surface area contributed by atoms with Crippen molar-refractivity contribution < 1.29 is 26.0 Å². The van der Waals surface area contributed by atoms with Crippen LogP contribution in [0.4, 0.5) is 5.69 Å². The van der Waals surface area contributed by atoms with E-state index in [0.717, 1.165) is 4.90 Å². The van der Waals surface area contributed by atoms with Gasteiger partial charge in [-0.2, -0.15) is 0 Å². The first-order valence-electron chi connectivity index (χ1n) is 13.5. The van der Waals surface area contributed by atoms with E-state index in [0.29, 0.717) is 55.2 Å². The van der Waals surface area contributed by atoms with E-state index in [1.54, 1.807) is 18.2 Å². The Bertz CT molecular complexity index is 1300. The summed E-state index contributed by atoms with van der Waals surface area (Å²) in [4.78, 5) is 40.4. The number of hydrogen-bond acceptors (Lipinski definition) is 6. The number of piperidine rings is 1. The molecule has 0 saturated carbocycles. The molecule has 3 aliphatic rings. The van der Waals surface area contributed by atoms with E-state index >= 15 is 0 Å². The second kappa shape index (κ2) is 9.33. The topological polar surface area (TPSA) is 91.0 Å². The number of carbonyl (C=O) groups excluding carboxylic acids is 3. The van der Waals surface area contributed by atoms with Gasteiger partial charge in [0.25, 0.3) is 5.91 Å². The first-order chi connectivity index (χ1) is 18.1. The summed E-state index contributed by atoms with van der Waals surface area (Å²) in [6.07, 6.45) is -0.134. The molecule has 2 N–H and O–H groups in total. The number of nitrogens with zero attached hydrogens (tertiary/aromatic N) is 2. The third kappa shape index (κ3) is 4.62.